The number of anilines is 1. The number of nitrogens with one attached hydrogen (secondary N) is 1. The standard InChI is InChI=1S/C24H27N5O/c1-3-28(4-2)19-15-13-18(14-16-19)17-25-26-24(30)23-21-11-8-12-22(21)29(27-23)20-9-6-5-7-10-20/h5-7,9-10,13-17H,3-4,8,11-12H2,1-2H3,(H,26,30)/b25-17+. The Morgan fingerprint density at radius 3 is 2.53 bits per heavy atom. The van der Waals surface area contributed by atoms with E-state index in [1.165, 1.54) is 5.69 Å². The summed E-state index contributed by atoms with van der Waals surface area (Å²) in [5.74, 6) is -0.265. The Kier molecular flexibility index (Phi) is 5.93. The molecule has 1 amide bonds. The minimum absolute atomic E-state index is 0.265. The van der Waals surface area contributed by atoms with Crippen LogP contribution in [0.5, 0.6) is 0 Å². The molecule has 0 saturated heterocycles. The van der Waals surface area contributed by atoms with E-state index < -0.39 is 0 Å². The van der Waals surface area contributed by atoms with Gasteiger partial charge in [-0.15, -0.1) is 0 Å². The summed E-state index contributed by atoms with van der Waals surface area (Å²) in [6.07, 6.45) is 4.52. The van der Waals surface area contributed by atoms with Crippen LogP contribution >= 0.6 is 0 Å². The topological polar surface area (TPSA) is 62.5 Å². The van der Waals surface area contributed by atoms with E-state index in [2.05, 4.69) is 46.5 Å². The summed E-state index contributed by atoms with van der Waals surface area (Å²) in [4.78, 5) is 15.0. The molecule has 0 unspecified atom stereocenters. The molecule has 6 heteroatoms. The number of aromatic nitrogens is 2. The first kappa shape index (κ1) is 19.9. The molecule has 30 heavy (non-hydrogen) atoms. The van der Waals surface area contributed by atoms with Gasteiger partial charge >= 0.3 is 0 Å². The van der Waals surface area contributed by atoms with Gasteiger partial charge in [0.25, 0.3) is 5.91 Å². The van der Waals surface area contributed by atoms with Crippen LogP contribution in [-0.4, -0.2) is 35.0 Å². The molecule has 1 aromatic heterocycles. The van der Waals surface area contributed by atoms with Crippen molar-refractivity contribution in [3.8, 4) is 5.69 Å². The predicted octanol–water partition coefficient (Wildman–Crippen LogP) is 3.97. The Morgan fingerprint density at radius 2 is 1.83 bits per heavy atom. The summed E-state index contributed by atoms with van der Waals surface area (Å²) in [5, 5.41) is 8.76. The second-order valence-electron chi connectivity index (χ2n) is 7.34. The molecule has 0 spiro atoms. The number of para-hydroxylation sites is 1. The van der Waals surface area contributed by atoms with Crippen LogP contribution in [0.4, 0.5) is 5.69 Å². The third-order valence-electron chi connectivity index (χ3n) is 5.55. The molecular weight excluding hydrogens is 374 g/mol. The van der Waals surface area contributed by atoms with E-state index in [0.717, 1.165) is 54.9 Å². The molecule has 154 valence electrons. The maximum atomic E-state index is 12.8. The summed E-state index contributed by atoms with van der Waals surface area (Å²) in [7, 11) is 0. The van der Waals surface area contributed by atoms with E-state index in [0.29, 0.717) is 5.69 Å². The van der Waals surface area contributed by atoms with Crippen molar-refractivity contribution in [2.45, 2.75) is 33.1 Å². The van der Waals surface area contributed by atoms with Gasteiger partial charge in [0.05, 0.1) is 11.9 Å². The van der Waals surface area contributed by atoms with E-state index in [-0.39, 0.29) is 5.91 Å². The maximum Gasteiger partial charge on any atom is 0.292 e. The average molecular weight is 402 g/mol. The number of fused-ring (bicyclic) bond motifs is 1. The molecule has 0 saturated carbocycles. The normalized spacial score (nSPS) is 12.9. The Balaban J connectivity index is 1.47. The molecule has 1 N–H and O–H groups in total. The first-order valence-electron chi connectivity index (χ1n) is 10.6. The van der Waals surface area contributed by atoms with Gasteiger partial charge in [-0.05, 0) is 62.9 Å². The molecule has 0 bridgehead atoms. The number of hydrogen-bond donors (Lipinski definition) is 1. The van der Waals surface area contributed by atoms with Crippen LogP contribution in [-0.2, 0) is 12.8 Å². The molecule has 3 aromatic rings. The number of carbonyl (C=O) groups excluding carboxylic acids is 1. The number of hydrazone groups is 1. The van der Waals surface area contributed by atoms with Crippen molar-refractivity contribution in [2.75, 3.05) is 18.0 Å². The van der Waals surface area contributed by atoms with Gasteiger partial charge < -0.3 is 4.90 Å². The molecule has 1 heterocycles. The van der Waals surface area contributed by atoms with E-state index in [4.69, 9.17) is 0 Å². The van der Waals surface area contributed by atoms with Gasteiger partial charge in [-0.2, -0.15) is 10.2 Å². The van der Waals surface area contributed by atoms with Crippen LogP contribution in [0.25, 0.3) is 5.69 Å². The first-order valence-corrected chi connectivity index (χ1v) is 10.6. The maximum absolute atomic E-state index is 12.8. The fourth-order valence-corrected chi connectivity index (χ4v) is 3.98. The van der Waals surface area contributed by atoms with Gasteiger partial charge in [0.2, 0.25) is 0 Å². The largest absolute Gasteiger partial charge is 0.372 e. The van der Waals surface area contributed by atoms with Gasteiger partial charge in [0.15, 0.2) is 5.69 Å². The van der Waals surface area contributed by atoms with Gasteiger partial charge in [-0.25, -0.2) is 10.1 Å². The predicted molar refractivity (Wildman–Crippen MR) is 121 cm³/mol. The molecular formula is C24H27N5O. The first-order chi connectivity index (χ1) is 14.7. The number of benzene rings is 2. The van der Waals surface area contributed by atoms with E-state index >= 15 is 0 Å². The molecule has 0 radical (unpaired) electrons. The zero-order chi connectivity index (χ0) is 20.9. The minimum Gasteiger partial charge on any atom is -0.372 e. The summed E-state index contributed by atoms with van der Waals surface area (Å²) >= 11 is 0. The Labute approximate surface area is 177 Å². The van der Waals surface area contributed by atoms with Gasteiger partial charge in [-0.1, -0.05) is 30.3 Å². The van der Waals surface area contributed by atoms with Crippen molar-refractivity contribution in [2.24, 2.45) is 5.10 Å². The zero-order valence-electron chi connectivity index (χ0n) is 17.5. The van der Waals surface area contributed by atoms with Crippen molar-refractivity contribution in [3.63, 3.8) is 0 Å². The lowest BCUT2D eigenvalue weighted by atomic mass is 10.2. The summed E-state index contributed by atoms with van der Waals surface area (Å²) in [5.41, 5.74) is 8.38. The van der Waals surface area contributed by atoms with Crippen LogP contribution in [0, 0.1) is 0 Å². The highest BCUT2D eigenvalue weighted by atomic mass is 16.2. The van der Waals surface area contributed by atoms with Crippen molar-refractivity contribution in [1.29, 1.82) is 0 Å². The highest BCUT2D eigenvalue weighted by molar-refractivity contribution is 5.95. The SMILES string of the molecule is CCN(CC)c1ccc(/C=N/NC(=O)c2nn(-c3ccccc3)c3c2CCC3)cc1. The monoisotopic (exact) mass is 401 g/mol. The molecule has 1 aliphatic carbocycles. The number of amides is 1. The lowest BCUT2D eigenvalue weighted by Gasteiger charge is -2.20. The van der Waals surface area contributed by atoms with Gasteiger partial charge in [-0.3, -0.25) is 4.79 Å². The van der Waals surface area contributed by atoms with Gasteiger partial charge in [0.1, 0.15) is 0 Å². The van der Waals surface area contributed by atoms with Crippen LogP contribution in [0.2, 0.25) is 0 Å². The summed E-state index contributed by atoms with van der Waals surface area (Å²) in [6, 6.07) is 18.1. The number of rotatable bonds is 7. The summed E-state index contributed by atoms with van der Waals surface area (Å²) < 4.78 is 1.90. The number of nitrogens with zero attached hydrogens (tertiary/aromatic N) is 4. The molecule has 0 aliphatic heterocycles. The molecule has 2 aromatic carbocycles. The molecule has 4 rings (SSSR count). The fraction of sp³-hybridized carbons (Fsp3) is 0.292. The minimum atomic E-state index is -0.265. The van der Waals surface area contributed by atoms with Crippen molar-refractivity contribution < 1.29 is 4.79 Å². The van der Waals surface area contributed by atoms with E-state index in [1.807, 2.05) is 47.1 Å². The molecule has 0 fully saturated rings. The Hall–Kier alpha value is -3.41. The van der Waals surface area contributed by atoms with E-state index in [1.54, 1.807) is 6.21 Å². The smallest absolute Gasteiger partial charge is 0.292 e. The molecule has 6 nitrogen and oxygen atoms in total. The van der Waals surface area contributed by atoms with Gasteiger partial charge in [0, 0.05) is 30.0 Å². The van der Waals surface area contributed by atoms with Crippen LogP contribution < -0.4 is 10.3 Å². The summed E-state index contributed by atoms with van der Waals surface area (Å²) in [6.45, 7) is 6.23. The second kappa shape index (κ2) is 8.95. The Morgan fingerprint density at radius 1 is 1.10 bits per heavy atom. The fourth-order valence-electron chi connectivity index (χ4n) is 3.98. The lowest BCUT2D eigenvalue weighted by Crippen LogP contribution is -2.21. The third-order valence-corrected chi connectivity index (χ3v) is 5.55. The van der Waals surface area contributed by atoms with Crippen LogP contribution in [0.15, 0.2) is 59.7 Å². The zero-order valence-corrected chi connectivity index (χ0v) is 17.5. The van der Waals surface area contributed by atoms with Crippen LogP contribution in [0.1, 0.15) is 47.6 Å². The van der Waals surface area contributed by atoms with E-state index in [9.17, 15) is 4.79 Å². The quantitative estimate of drug-likeness (QED) is 0.481. The lowest BCUT2D eigenvalue weighted by molar-refractivity contribution is 0.0949. The van der Waals surface area contributed by atoms with Crippen LogP contribution in [0.3, 0.4) is 0 Å². The second-order valence-corrected chi connectivity index (χ2v) is 7.34. The molecule has 1 aliphatic rings. The van der Waals surface area contributed by atoms with Crippen molar-refractivity contribution >= 4 is 17.8 Å². The average Bonchev–Trinajstić information content (AvgIpc) is 3.39. The Bertz CT molecular complexity index is 1030. The third kappa shape index (κ3) is 3.99. The number of carbonyl (C=O) groups is 1. The number of hydrogen-bond acceptors (Lipinski definition) is 4. The highest BCUT2D eigenvalue weighted by Gasteiger charge is 2.26. The molecule has 0 atom stereocenters. The van der Waals surface area contributed by atoms with Crippen molar-refractivity contribution in [1.82, 2.24) is 15.2 Å². The van der Waals surface area contributed by atoms with Crippen molar-refractivity contribution in [3.05, 3.63) is 77.1 Å². The highest BCUT2D eigenvalue weighted by Crippen LogP contribution is 2.27.